The predicted molar refractivity (Wildman–Crippen MR) is 159 cm³/mol. The summed E-state index contributed by atoms with van der Waals surface area (Å²) in [6.07, 6.45) is 7.99. The first-order valence-electron chi connectivity index (χ1n) is 15.2. The van der Waals surface area contributed by atoms with Crippen LogP contribution in [-0.4, -0.2) is 77.3 Å². The highest BCUT2D eigenvalue weighted by Crippen LogP contribution is 2.52. The summed E-state index contributed by atoms with van der Waals surface area (Å²) in [5.74, 6) is 1.52. The van der Waals surface area contributed by atoms with Gasteiger partial charge < -0.3 is 29.3 Å². The van der Waals surface area contributed by atoms with E-state index in [2.05, 4.69) is 25.2 Å². The topological polar surface area (TPSA) is 102 Å². The molecule has 3 aromatic rings. The van der Waals surface area contributed by atoms with Gasteiger partial charge in [0, 0.05) is 62.0 Å². The molecule has 43 heavy (non-hydrogen) atoms. The SMILES string of the molecule is CC.C[C@H]1COCCN1C(=O)c1cc(F)ccc1Oc1cncnc1N1CC2(CC(Oc3ccnc4c3CNCC4)C2)C1. The van der Waals surface area contributed by atoms with Crippen molar-refractivity contribution in [3.05, 3.63) is 65.6 Å². The number of anilines is 1. The Morgan fingerprint density at radius 1 is 1.14 bits per heavy atom. The van der Waals surface area contributed by atoms with E-state index >= 15 is 0 Å². The molecule has 2 saturated heterocycles. The van der Waals surface area contributed by atoms with Crippen molar-refractivity contribution >= 4 is 11.7 Å². The fourth-order valence-electron chi connectivity index (χ4n) is 6.47. The Morgan fingerprint density at radius 3 is 2.79 bits per heavy atom. The maximum Gasteiger partial charge on any atom is 0.258 e. The van der Waals surface area contributed by atoms with Crippen molar-refractivity contribution in [2.24, 2.45) is 5.41 Å². The maximum atomic E-state index is 14.3. The summed E-state index contributed by atoms with van der Waals surface area (Å²) in [5.41, 5.74) is 2.66. The summed E-state index contributed by atoms with van der Waals surface area (Å²) in [7, 11) is 0. The number of hydrogen-bond acceptors (Lipinski definition) is 9. The lowest BCUT2D eigenvalue weighted by molar-refractivity contribution is -0.0349. The van der Waals surface area contributed by atoms with Gasteiger partial charge in [0.2, 0.25) is 0 Å². The first kappa shape index (κ1) is 29.3. The zero-order valence-corrected chi connectivity index (χ0v) is 25.0. The van der Waals surface area contributed by atoms with E-state index < -0.39 is 5.82 Å². The first-order chi connectivity index (χ1) is 21.0. The Morgan fingerprint density at radius 2 is 1.98 bits per heavy atom. The lowest BCUT2D eigenvalue weighted by atomic mass is 9.61. The summed E-state index contributed by atoms with van der Waals surface area (Å²) in [4.78, 5) is 30.4. The summed E-state index contributed by atoms with van der Waals surface area (Å²) in [6.45, 7) is 10.7. The molecule has 5 heterocycles. The first-order valence-corrected chi connectivity index (χ1v) is 15.2. The molecule has 3 aliphatic heterocycles. The van der Waals surface area contributed by atoms with E-state index in [1.807, 2.05) is 33.0 Å². The van der Waals surface area contributed by atoms with Crippen LogP contribution in [-0.2, 0) is 17.7 Å². The van der Waals surface area contributed by atoms with Crippen molar-refractivity contribution in [2.45, 2.75) is 58.7 Å². The molecule has 1 aromatic carbocycles. The number of fused-ring (bicyclic) bond motifs is 1. The van der Waals surface area contributed by atoms with Crippen LogP contribution in [0.25, 0.3) is 0 Å². The molecule has 0 bridgehead atoms. The highest BCUT2D eigenvalue weighted by molar-refractivity contribution is 5.97. The monoisotopic (exact) mass is 590 g/mol. The number of hydrogen-bond donors (Lipinski definition) is 1. The average molecular weight is 591 g/mol. The quantitative estimate of drug-likeness (QED) is 0.448. The smallest absolute Gasteiger partial charge is 0.258 e. The molecule has 228 valence electrons. The van der Waals surface area contributed by atoms with Crippen LogP contribution in [0.1, 0.15) is 55.2 Å². The molecule has 3 fully saturated rings. The Hall–Kier alpha value is -3.83. The highest BCUT2D eigenvalue weighted by Gasteiger charge is 2.54. The molecule has 0 unspecified atom stereocenters. The number of benzene rings is 1. The lowest BCUT2D eigenvalue weighted by Gasteiger charge is -2.59. The van der Waals surface area contributed by atoms with E-state index in [0.717, 1.165) is 56.9 Å². The fourth-order valence-corrected chi connectivity index (χ4v) is 6.47. The van der Waals surface area contributed by atoms with Crippen LogP contribution in [0.4, 0.5) is 10.2 Å². The number of amides is 1. The Balaban J connectivity index is 0.00000161. The third kappa shape index (κ3) is 5.88. The normalized spacial score (nSPS) is 20.7. The number of rotatable bonds is 6. The van der Waals surface area contributed by atoms with Crippen molar-refractivity contribution in [1.82, 2.24) is 25.2 Å². The van der Waals surface area contributed by atoms with E-state index in [1.54, 1.807) is 11.1 Å². The van der Waals surface area contributed by atoms with Gasteiger partial charge in [-0.3, -0.25) is 9.78 Å². The van der Waals surface area contributed by atoms with Gasteiger partial charge in [-0.1, -0.05) is 13.8 Å². The molecule has 1 aliphatic carbocycles. The number of pyridine rings is 1. The van der Waals surface area contributed by atoms with Crippen LogP contribution >= 0.6 is 0 Å². The van der Waals surface area contributed by atoms with Gasteiger partial charge >= 0.3 is 0 Å². The van der Waals surface area contributed by atoms with Crippen molar-refractivity contribution in [3.8, 4) is 17.2 Å². The molecule has 11 heteroatoms. The minimum atomic E-state index is -0.499. The molecule has 4 aliphatic rings. The van der Waals surface area contributed by atoms with Crippen LogP contribution in [0.5, 0.6) is 17.2 Å². The second-order valence-electron chi connectivity index (χ2n) is 11.5. The lowest BCUT2D eigenvalue weighted by Crippen LogP contribution is -2.65. The molecule has 1 spiro atoms. The van der Waals surface area contributed by atoms with E-state index in [4.69, 9.17) is 14.2 Å². The molecule has 1 atom stereocenters. The number of ether oxygens (including phenoxy) is 3. The van der Waals surface area contributed by atoms with Crippen LogP contribution in [0, 0.1) is 11.2 Å². The zero-order chi connectivity index (χ0) is 30.0. The predicted octanol–water partition coefficient (Wildman–Crippen LogP) is 4.38. The minimum Gasteiger partial charge on any atom is -0.490 e. The summed E-state index contributed by atoms with van der Waals surface area (Å²) in [6, 6.07) is 5.87. The number of nitrogens with one attached hydrogen (secondary N) is 1. The molecule has 1 saturated carbocycles. The number of aromatic nitrogens is 3. The van der Waals surface area contributed by atoms with Crippen molar-refractivity contribution in [1.29, 1.82) is 0 Å². The third-order valence-corrected chi connectivity index (χ3v) is 8.59. The number of nitrogens with zero attached hydrogens (tertiary/aromatic N) is 5. The second kappa shape index (κ2) is 12.4. The summed E-state index contributed by atoms with van der Waals surface area (Å²) in [5, 5.41) is 3.41. The van der Waals surface area contributed by atoms with E-state index in [0.29, 0.717) is 31.3 Å². The van der Waals surface area contributed by atoms with Gasteiger partial charge in [0.25, 0.3) is 5.91 Å². The molecule has 10 nitrogen and oxygen atoms in total. The van der Waals surface area contributed by atoms with E-state index in [-0.39, 0.29) is 34.8 Å². The second-order valence-corrected chi connectivity index (χ2v) is 11.5. The number of morpholine rings is 1. The standard InChI is InChI=1S/C30H33FN6O4.C2H6/c1-19-15-39-9-8-37(19)29(38)22-10-20(31)2-3-25(22)41-27-14-33-18-35-28(27)36-16-30(17-36)11-21(12-30)40-26-5-7-34-24-4-6-32-13-23(24)26;1-2/h2-3,5,7,10,14,18-19,21,32H,4,6,8-9,11-13,15-17H2,1H3;1-2H3/t19-;/m0./s1. The van der Waals surface area contributed by atoms with Gasteiger partial charge in [0.1, 0.15) is 29.7 Å². The van der Waals surface area contributed by atoms with Gasteiger partial charge in [-0.15, -0.1) is 0 Å². The number of carbonyl (C=O) groups excluding carboxylic acids is 1. The van der Waals surface area contributed by atoms with Crippen molar-refractivity contribution in [3.63, 3.8) is 0 Å². The largest absolute Gasteiger partial charge is 0.490 e. The maximum absolute atomic E-state index is 14.3. The summed E-state index contributed by atoms with van der Waals surface area (Å²) < 4.78 is 32.4. The fraction of sp³-hybridized carbons (Fsp3) is 0.500. The Labute approximate surface area is 251 Å². The van der Waals surface area contributed by atoms with E-state index in [9.17, 15) is 9.18 Å². The van der Waals surface area contributed by atoms with Crippen LogP contribution in [0.3, 0.4) is 0 Å². The Kier molecular flexibility index (Phi) is 8.45. The van der Waals surface area contributed by atoms with E-state index in [1.165, 1.54) is 30.1 Å². The molecular weight excluding hydrogens is 551 g/mol. The van der Waals surface area contributed by atoms with Gasteiger partial charge in [0.05, 0.1) is 31.0 Å². The molecule has 1 amide bonds. The van der Waals surface area contributed by atoms with Gasteiger partial charge in [-0.25, -0.2) is 14.4 Å². The molecule has 0 radical (unpaired) electrons. The molecule has 7 rings (SSSR count). The van der Waals surface area contributed by atoms with Crippen molar-refractivity contribution in [2.75, 3.05) is 44.3 Å². The summed E-state index contributed by atoms with van der Waals surface area (Å²) >= 11 is 0. The van der Waals surface area contributed by atoms with Crippen LogP contribution < -0.4 is 19.7 Å². The Bertz CT molecular complexity index is 1460. The molecule has 2 aromatic heterocycles. The number of carbonyl (C=O) groups is 1. The van der Waals surface area contributed by atoms with Crippen LogP contribution in [0.2, 0.25) is 0 Å². The zero-order valence-electron chi connectivity index (χ0n) is 25.0. The average Bonchev–Trinajstić information content (AvgIpc) is 3.00. The van der Waals surface area contributed by atoms with Crippen molar-refractivity contribution < 1.29 is 23.4 Å². The number of halogens is 1. The van der Waals surface area contributed by atoms with Gasteiger partial charge in [0.15, 0.2) is 11.6 Å². The van der Waals surface area contributed by atoms with Gasteiger partial charge in [-0.2, -0.15) is 0 Å². The van der Waals surface area contributed by atoms with Crippen LogP contribution in [0.15, 0.2) is 43.0 Å². The molecular formula is C32H39FN6O4. The third-order valence-electron chi connectivity index (χ3n) is 8.59. The molecule has 1 N–H and O–H groups in total. The minimum absolute atomic E-state index is 0.115. The highest BCUT2D eigenvalue weighted by atomic mass is 19.1. The van der Waals surface area contributed by atoms with Gasteiger partial charge in [-0.05, 0) is 44.0 Å².